The van der Waals surface area contributed by atoms with E-state index < -0.39 is 0 Å². The molecule has 0 saturated heterocycles. The molecule has 0 fully saturated rings. The van der Waals surface area contributed by atoms with Crippen LogP contribution in [0.5, 0.6) is 0 Å². The molecule has 0 aliphatic carbocycles. The molecule has 2 heterocycles. The second-order valence-electron chi connectivity index (χ2n) is 4.77. The summed E-state index contributed by atoms with van der Waals surface area (Å²) in [7, 11) is 0. The number of anilines is 2. The smallest absolute Gasteiger partial charge is 0.142 e. The van der Waals surface area contributed by atoms with Gasteiger partial charge in [-0.05, 0) is 44.0 Å². The lowest BCUT2D eigenvalue weighted by molar-refractivity contribution is 1.22. The summed E-state index contributed by atoms with van der Waals surface area (Å²) in [6, 6.07) is 5.91. The number of fused-ring (bicyclic) bond motifs is 1. The molecule has 2 aromatic heterocycles. The Hall–Kier alpha value is -1.65. The van der Waals surface area contributed by atoms with E-state index in [4.69, 9.17) is 11.6 Å². The van der Waals surface area contributed by atoms with Crippen LogP contribution in [0.2, 0.25) is 5.02 Å². The van der Waals surface area contributed by atoms with Gasteiger partial charge in [-0.3, -0.25) is 0 Å². The minimum Gasteiger partial charge on any atom is -0.340 e. The zero-order valence-electron chi connectivity index (χ0n) is 11.5. The Morgan fingerprint density at radius 3 is 2.70 bits per heavy atom. The molecule has 3 rings (SSSR count). The van der Waals surface area contributed by atoms with Crippen molar-refractivity contribution in [2.24, 2.45) is 0 Å². The fourth-order valence-corrected chi connectivity index (χ4v) is 3.26. The Labute approximate surface area is 126 Å². The number of hydrogen-bond donors (Lipinski definition) is 1. The molecule has 1 aromatic carbocycles. The standard InChI is InChI=1S/C15H14ClN3S/c1-8-4-5-11(6-12(8)16)19-14-13-9(2)10(3)20-15(13)18-7-17-14/h4-7H,1-3H3,(H,17,18,19). The van der Waals surface area contributed by atoms with Crippen LogP contribution in [-0.2, 0) is 0 Å². The van der Waals surface area contributed by atoms with E-state index in [1.54, 1.807) is 17.7 Å². The van der Waals surface area contributed by atoms with Crippen LogP contribution in [0.25, 0.3) is 10.2 Å². The van der Waals surface area contributed by atoms with Crippen LogP contribution in [-0.4, -0.2) is 9.97 Å². The van der Waals surface area contributed by atoms with Crippen molar-refractivity contribution >= 4 is 44.7 Å². The largest absolute Gasteiger partial charge is 0.340 e. The van der Waals surface area contributed by atoms with E-state index >= 15 is 0 Å². The number of thiophene rings is 1. The monoisotopic (exact) mass is 303 g/mol. The Balaban J connectivity index is 2.08. The SMILES string of the molecule is Cc1ccc(Nc2ncnc3sc(C)c(C)c23)cc1Cl. The lowest BCUT2D eigenvalue weighted by Gasteiger charge is -2.08. The average Bonchev–Trinajstić information content (AvgIpc) is 2.71. The van der Waals surface area contributed by atoms with Crippen molar-refractivity contribution in [3.8, 4) is 0 Å². The molecule has 102 valence electrons. The van der Waals surface area contributed by atoms with Crippen LogP contribution in [0.15, 0.2) is 24.5 Å². The van der Waals surface area contributed by atoms with Gasteiger partial charge in [-0.15, -0.1) is 11.3 Å². The summed E-state index contributed by atoms with van der Waals surface area (Å²) >= 11 is 7.85. The van der Waals surface area contributed by atoms with Crippen molar-refractivity contribution in [2.45, 2.75) is 20.8 Å². The number of aryl methyl sites for hydroxylation is 3. The summed E-state index contributed by atoms with van der Waals surface area (Å²) in [4.78, 5) is 11.0. The Morgan fingerprint density at radius 1 is 1.15 bits per heavy atom. The molecule has 5 heteroatoms. The highest BCUT2D eigenvalue weighted by molar-refractivity contribution is 7.18. The van der Waals surface area contributed by atoms with Gasteiger partial charge >= 0.3 is 0 Å². The van der Waals surface area contributed by atoms with Gasteiger partial charge in [0.05, 0.1) is 5.39 Å². The Kier molecular flexibility index (Phi) is 3.36. The minimum absolute atomic E-state index is 0.749. The van der Waals surface area contributed by atoms with Gasteiger partial charge in [-0.2, -0.15) is 0 Å². The van der Waals surface area contributed by atoms with Gasteiger partial charge in [0.25, 0.3) is 0 Å². The second kappa shape index (κ2) is 5.04. The maximum Gasteiger partial charge on any atom is 0.142 e. The molecular formula is C15H14ClN3S. The van der Waals surface area contributed by atoms with Crippen LogP contribution in [0.4, 0.5) is 11.5 Å². The van der Waals surface area contributed by atoms with Gasteiger partial charge in [0.1, 0.15) is 17.0 Å². The molecule has 0 unspecified atom stereocenters. The first-order chi connectivity index (χ1) is 9.56. The molecule has 0 bridgehead atoms. The Morgan fingerprint density at radius 2 is 1.95 bits per heavy atom. The molecular weight excluding hydrogens is 290 g/mol. The van der Waals surface area contributed by atoms with Crippen molar-refractivity contribution in [1.82, 2.24) is 9.97 Å². The molecule has 0 amide bonds. The maximum absolute atomic E-state index is 6.16. The van der Waals surface area contributed by atoms with E-state index in [-0.39, 0.29) is 0 Å². The van der Waals surface area contributed by atoms with Crippen LogP contribution in [0, 0.1) is 20.8 Å². The second-order valence-corrected chi connectivity index (χ2v) is 6.39. The number of halogens is 1. The predicted octanol–water partition coefficient (Wildman–Crippen LogP) is 5.01. The van der Waals surface area contributed by atoms with Gasteiger partial charge in [0.15, 0.2) is 0 Å². The highest BCUT2D eigenvalue weighted by Gasteiger charge is 2.12. The zero-order valence-corrected chi connectivity index (χ0v) is 13.1. The fourth-order valence-electron chi connectivity index (χ4n) is 2.08. The van der Waals surface area contributed by atoms with Crippen molar-refractivity contribution in [3.63, 3.8) is 0 Å². The average molecular weight is 304 g/mol. The molecule has 3 aromatic rings. The van der Waals surface area contributed by atoms with Gasteiger partial charge in [-0.25, -0.2) is 9.97 Å². The van der Waals surface area contributed by atoms with Gasteiger partial charge in [-0.1, -0.05) is 17.7 Å². The first-order valence-electron chi connectivity index (χ1n) is 6.30. The van der Waals surface area contributed by atoms with Crippen molar-refractivity contribution in [1.29, 1.82) is 0 Å². The minimum atomic E-state index is 0.749. The number of aromatic nitrogens is 2. The van der Waals surface area contributed by atoms with Gasteiger partial charge < -0.3 is 5.32 Å². The van der Waals surface area contributed by atoms with E-state index in [0.717, 1.165) is 32.3 Å². The molecule has 0 aliphatic rings. The molecule has 0 radical (unpaired) electrons. The molecule has 0 atom stereocenters. The summed E-state index contributed by atoms with van der Waals surface area (Å²) < 4.78 is 0. The van der Waals surface area contributed by atoms with Gasteiger partial charge in [0, 0.05) is 15.6 Å². The van der Waals surface area contributed by atoms with Gasteiger partial charge in [0.2, 0.25) is 0 Å². The normalized spacial score (nSPS) is 11.0. The maximum atomic E-state index is 6.16. The van der Waals surface area contributed by atoms with Crippen LogP contribution in [0.3, 0.4) is 0 Å². The zero-order chi connectivity index (χ0) is 14.3. The molecule has 0 spiro atoms. The van der Waals surface area contributed by atoms with Crippen molar-refractivity contribution in [3.05, 3.63) is 45.6 Å². The summed E-state index contributed by atoms with van der Waals surface area (Å²) in [5.74, 6) is 0.830. The van der Waals surface area contributed by atoms with E-state index in [1.165, 1.54) is 10.4 Å². The van der Waals surface area contributed by atoms with Crippen molar-refractivity contribution in [2.75, 3.05) is 5.32 Å². The van der Waals surface area contributed by atoms with E-state index in [0.29, 0.717) is 0 Å². The summed E-state index contributed by atoms with van der Waals surface area (Å²) in [6.45, 7) is 6.19. The summed E-state index contributed by atoms with van der Waals surface area (Å²) in [5.41, 5.74) is 3.22. The van der Waals surface area contributed by atoms with E-state index in [2.05, 4.69) is 29.1 Å². The van der Waals surface area contributed by atoms with Crippen LogP contribution in [0.1, 0.15) is 16.0 Å². The Bertz CT molecular complexity index is 795. The lowest BCUT2D eigenvalue weighted by atomic mass is 10.2. The predicted molar refractivity (Wildman–Crippen MR) is 86.4 cm³/mol. The number of nitrogens with zero attached hydrogens (tertiary/aromatic N) is 2. The first kappa shape index (κ1) is 13.3. The highest BCUT2D eigenvalue weighted by Crippen LogP contribution is 2.34. The molecule has 0 saturated carbocycles. The molecule has 3 nitrogen and oxygen atoms in total. The topological polar surface area (TPSA) is 37.8 Å². The number of rotatable bonds is 2. The third-order valence-corrected chi connectivity index (χ3v) is 4.92. The number of nitrogens with one attached hydrogen (secondary N) is 1. The molecule has 1 N–H and O–H groups in total. The first-order valence-corrected chi connectivity index (χ1v) is 7.49. The third-order valence-electron chi connectivity index (χ3n) is 3.40. The lowest BCUT2D eigenvalue weighted by Crippen LogP contribution is -1.95. The van der Waals surface area contributed by atoms with Crippen LogP contribution < -0.4 is 5.32 Å². The quantitative estimate of drug-likeness (QED) is 0.723. The third kappa shape index (κ3) is 2.25. The molecule has 0 aliphatic heterocycles. The number of hydrogen-bond acceptors (Lipinski definition) is 4. The summed E-state index contributed by atoms with van der Waals surface area (Å²) in [5, 5.41) is 5.18. The van der Waals surface area contributed by atoms with Crippen LogP contribution >= 0.6 is 22.9 Å². The number of benzene rings is 1. The van der Waals surface area contributed by atoms with E-state index in [1.807, 2.05) is 25.1 Å². The summed E-state index contributed by atoms with van der Waals surface area (Å²) in [6.07, 6.45) is 1.59. The van der Waals surface area contributed by atoms with Crippen molar-refractivity contribution < 1.29 is 0 Å². The van der Waals surface area contributed by atoms with E-state index in [9.17, 15) is 0 Å². The highest BCUT2D eigenvalue weighted by atomic mass is 35.5. The fraction of sp³-hybridized carbons (Fsp3) is 0.200. The molecule has 20 heavy (non-hydrogen) atoms.